The zero-order valence-corrected chi connectivity index (χ0v) is 17.1. The first-order valence-corrected chi connectivity index (χ1v) is 9.75. The highest BCUT2D eigenvalue weighted by atomic mass is 35.5. The van der Waals surface area contributed by atoms with Crippen molar-refractivity contribution in [3.8, 4) is 0 Å². The fraction of sp³-hybridized carbons (Fsp3) is 0.500. The Kier molecular flexibility index (Phi) is 5.74. The van der Waals surface area contributed by atoms with Gasteiger partial charge in [-0.05, 0) is 45.2 Å². The van der Waals surface area contributed by atoms with E-state index in [0.717, 1.165) is 29.3 Å². The summed E-state index contributed by atoms with van der Waals surface area (Å²) in [6.07, 6.45) is 2.43. The molecule has 2 amide bonds. The van der Waals surface area contributed by atoms with Crippen LogP contribution in [-0.2, 0) is 17.8 Å². The van der Waals surface area contributed by atoms with Crippen LogP contribution in [-0.4, -0.2) is 44.9 Å². The van der Waals surface area contributed by atoms with Crippen LogP contribution in [0.3, 0.4) is 0 Å². The molecule has 0 aliphatic heterocycles. The summed E-state index contributed by atoms with van der Waals surface area (Å²) in [5.74, 6) is 0. The summed E-state index contributed by atoms with van der Waals surface area (Å²) in [7, 11) is 0. The Labute approximate surface area is 169 Å². The number of carbonyl (C=O) groups is 2. The molecule has 1 aromatic carbocycles. The van der Waals surface area contributed by atoms with E-state index in [9.17, 15) is 9.59 Å². The van der Waals surface area contributed by atoms with Crippen molar-refractivity contribution in [1.82, 2.24) is 14.8 Å². The second-order valence-electron chi connectivity index (χ2n) is 8.09. The molecule has 1 fully saturated rings. The van der Waals surface area contributed by atoms with Crippen molar-refractivity contribution < 1.29 is 19.4 Å². The van der Waals surface area contributed by atoms with Gasteiger partial charge in [-0.3, -0.25) is 0 Å². The quantitative estimate of drug-likeness (QED) is 0.740. The average Bonchev–Trinajstić information content (AvgIpc) is 3.36. The van der Waals surface area contributed by atoms with Crippen molar-refractivity contribution in [1.29, 1.82) is 0 Å². The molecule has 8 heteroatoms. The number of aromatic nitrogens is 1. The molecule has 0 spiro atoms. The van der Waals surface area contributed by atoms with Crippen molar-refractivity contribution in [3.63, 3.8) is 0 Å². The van der Waals surface area contributed by atoms with Crippen molar-refractivity contribution >= 4 is 34.7 Å². The van der Waals surface area contributed by atoms with Crippen LogP contribution in [0, 0.1) is 0 Å². The van der Waals surface area contributed by atoms with Gasteiger partial charge in [0.1, 0.15) is 5.60 Å². The monoisotopic (exact) mass is 407 g/mol. The number of rotatable bonds is 6. The molecule has 7 nitrogen and oxygen atoms in total. The second kappa shape index (κ2) is 7.91. The van der Waals surface area contributed by atoms with E-state index in [-0.39, 0.29) is 18.7 Å². The molecule has 1 aliphatic rings. The topological polar surface area (TPSA) is 83.8 Å². The van der Waals surface area contributed by atoms with E-state index < -0.39 is 11.7 Å². The second-order valence-corrected chi connectivity index (χ2v) is 8.50. The minimum absolute atomic E-state index is 0.223. The van der Waals surface area contributed by atoms with Crippen LogP contribution in [0.15, 0.2) is 24.4 Å². The number of hydrogen-bond acceptors (Lipinski definition) is 3. The fourth-order valence-electron chi connectivity index (χ4n) is 3.11. The summed E-state index contributed by atoms with van der Waals surface area (Å²) in [6, 6.07) is 6.13. The number of nitrogens with one attached hydrogen (secondary N) is 1. The third-order valence-corrected chi connectivity index (χ3v) is 4.80. The largest absolute Gasteiger partial charge is 0.465 e. The third-order valence-electron chi connectivity index (χ3n) is 4.50. The molecule has 2 aromatic rings. The highest BCUT2D eigenvalue weighted by Gasteiger charge is 2.35. The SMILES string of the molecule is CC(C)(C)OC(=O)N(Cc1ccc2c(Cl)cn(CCNC(=O)O)c2c1)C1CC1. The number of ether oxygens (including phenoxy) is 1. The van der Waals surface area contributed by atoms with Crippen LogP contribution in [0.5, 0.6) is 0 Å². The smallest absolute Gasteiger partial charge is 0.410 e. The Morgan fingerprint density at radius 1 is 1.36 bits per heavy atom. The summed E-state index contributed by atoms with van der Waals surface area (Å²) in [4.78, 5) is 25.1. The molecule has 0 radical (unpaired) electrons. The summed E-state index contributed by atoms with van der Waals surface area (Å²) in [5, 5.41) is 12.6. The van der Waals surface area contributed by atoms with Crippen LogP contribution >= 0.6 is 11.6 Å². The van der Waals surface area contributed by atoms with Crippen LogP contribution in [0.4, 0.5) is 9.59 Å². The van der Waals surface area contributed by atoms with Gasteiger partial charge in [-0.1, -0.05) is 23.7 Å². The van der Waals surface area contributed by atoms with Crippen LogP contribution in [0.2, 0.25) is 5.02 Å². The van der Waals surface area contributed by atoms with E-state index in [1.807, 2.05) is 43.5 Å². The maximum atomic E-state index is 12.6. The normalized spacial score (nSPS) is 14.1. The zero-order chi connectivity index (χ0) is 20.5. The molecule has 2 N–H and O–H groups in total. The number of hydrogen-bond donors (Lipinski definition) is 2. The molecular weight excluding hydrogens is 382 g/mol. The molecule has 152 valence electrons. The first-order valence-electron chi connectivity index (χ1n) is 9.38. The van der Waals surface area contributed by atoms with Gasteiger partial charge in [0.2, 0.25) is 0 Å². The van der Waals surface area contributed by atoms with E-state index in [0.29, 0.717) is 18.1 Å². The lowest BCUT2D eigenvalue weighted by Crippen LogP contribution is -2.37. The number of fused-ring (bicyclic) bond motifs is 1. The molecule has 0 unspecified atom stereocenters. The average molecular weight is 408 g/mol. The van der Waals surface area contributed by atoms with E-state index in [1.165, 1.54) is 0 Å². The fourth-order valence-corrected chi connectivity index (χ4v) is 3.38. The lowest BCUT2D eigenvalue weighted by molar-refractivity contribution is 0.0216. The summed E-state index contributed by atoms with van der Waals surface area (Å²) in [5.41, 5.74) is 1.36. The molecule has 0 saturated heterocycles. The number of amides is 2. The number of nitrogens with zero attached hydrogens (tertiary/aromatic N) is 2. The lowest BCUT2D eigenvalue weighted by Gasteiger charge is -2.27. The van der Waals surface area contributed by atoms with Crippen molar-refractivity contribution in [3.05, 3.63) is 35.0 Å². The number of carboxylic acid groups (broad SMARTS) is 1. The molecule has 0 atom stereocenters. The molecule has 28 heavy (non-hydrogen) atoms. The summed E-state index contributed by atoms with van der Waals surface area (Å²) in [6.45, 7) is 6.81. The van der Waals surface area contributed by atoms with E-state index in [1.54, 1.807) is 11.1 Å². The predicted molar refractivity (Wildman–Crippen MR) is 108 cm³/mol. The van der Waals surface area contributed by atoms with Gasteiger partial charge in [-0.2, -0.15) is 0 Å². The molecule has 1 saturated carbocycles. The minimum Gasteiger partial charge on any atom is -0.465 e. The molecule has 1 aliphatic carbocycles. The molecular formula is C20H26ClN3O4. The number of carbonyl (C=O) groups excluding carboxylic acids is 1. The highest BCUT2D eigenvalue weighted by Crippen LogP contribution is 2.32. The van der Waals surface area contributed by atoms with Gasteiger partial charge < -0.3 is 24.6 Å². The predicted octanol–water partition coefficient (Wildman–Crippen LogP) is 4.46. The van der Waals surface area contributed by atoms with Crippen LogP contribution in [0.25, 0.3) is 10.9 Å². The van der Waals surface area contributed by atoms with Gasteiger partial charge in [0.15, 0.2) is 0 Å². The van der Waals surface area contributed by atoms with Gasteiger partial charge in [0, 0.05) is 42.8 Å². The highest BCUT2D eigenvalue weighted by molar-refractivity contribution is 6.35. The van der Waals surface area contributed by atoms with Gasteiger partial charge in [-0.15, -0.1) is 0 Å². The Bertz CT molecular complexity index is 883. The van der Waals surface area contributed by atoms with Gasteiger partial charge in [-0.25, -0.2) is 9.59 Å². The molecule has 1 heterocycles. The third kappa shape index (κ3) is 5.10. The van der Waals surface area contributed by atoms with E-state index in [2.05, 4.69) is 5.32 Å². The first kappa shape index (κ1) is 20.3. The Hall–Kier alpha value is -2.41. The lowest BCUT2D eigenvalue weighted by atomic mass is 10.1. The van der Waals surface area contributed by atoms with Crippen LogP contribution in [0.1, 0.15) is 39.2 Å². The Balaban J connectivity index is 1.80. The minimum atomic E-state index is -1.05. The number of benzene rings is 1. The van der Waals surface area contributed by atoms with Crippen molar-refractivity contribution in [2.45, 2.75) is 58.3 Å². The standard InChI is InChI=1S/C20H26ClN3O4/c1-20(2,3)28-19(27)24(14-5-6-14)11-13-4-7-15-16(21)12-23(17(15)10-13)9-8-22-18(25)26/h4,7,10,12,14,22H,5-6,8-9,11H2,1-3H3,(H,25,26). The van der Waals surface area contributed by atoms with Gasteiger partial charge in [0.05, 0.1) is 5.02 Å². The molecule has 0 bridgehead atoms. The van der Waals surface area contributed by atoms with Crippen LogP contribution < -0.4 is 5.32 Å². The Morgan fingerprint density at radius 2 is 2.07 bits per heavy atom. The number of halogens is 1. The van der Waals surface area contributed by atoms with Crippen molar-refractivity contribution in [2.75, 3.05) is 6.54 Å². The molecule has 1 aromatic heterocycles. The van der Waals surface area contributed by atoms with Crippen molar-refractivity contribution in [2.24, 2.45) is 0 Å². The zero-order valence-electron chi connectivity index (χ0n) is 16.4. The first-order chi connectivity index (χ1) is 13.1. The van der Waals surface area contributed by atoms with Gasteiger partial charge in [0.25, 0.3) is 0 Å². The van der Waals surface area contributed by atoms with E-state index >= 15 is 0 Å². The van der Waals surface area contributed by atoms with Gasteiger partial charge >= 0.3 is 12.2 Å². The maximum Gasteiger partial charge on any atom is 0.410 e. The molecule has 3 rings (SSSR count). The Morgan fingerprint density at radius 3 is 2.68 bits per heavy atom. The maximum absolute atomic E-state index is 12.6. The van der Waals surface area contributed by atoms with E-state index in [4.69, 9.17) is 21.4 Å². The summed E-state index contributed by atoms with van der Waals surface area (Å²) >= 11 is 6.32. The summed E-state index contributed by atoms with van der Waals surface area (Å²) < 4.78 is 7.48.